The first-order chi connectivity index (χ1) is 9.94. The van der Waals surface area contributed by atoms with Crippen LogP contribution in [0.5, 0.6) is 5.75 Å². The lowest BCUT2D eigenvalue weighted by Gasteiger charge is -2.41. The first kappa shape index (κ1) is 13.7. The molecule has 0 saturated heterocycles. The molecule has 0 amide bonds. The summed E-state index contributed by atoms with van der Waals surface area (Å²) in [6.07, 6.45) is 0. The molecular formula is C17H19FN2O. The van der Waals surface area contributed by atoms with E-state index in [1.807, 2.05) is 44.2 Å². The molecule has 0 aliphatic carbocycles. The van der Waals surface area contributed by atoms with E-state index in [9.17, 15) is 4.39 Å². The Balaban J connectivity index is 1.97. The normalized spacial score (nSPS) is 16.2. The highest BCUT2D eigenvalue weighted by Gasteiger charge is 2.32. The van der Waals surface area contributed by atoms with Gasteiger partial charge in [0.1, 0.15) is 17.2 Å². The number of hydrogen-bond acceptors (Lipinski definition) is 3. The van der Waals surface area contributed by atoms with E-state index in [1.165, 1.54) is 6.07 Å². The molecule has 3 rings (SSSR count). The number of ether oxygens (including phenoxy) is 1. The first-order valence-electron chi connectivity index (χ1n) is 7.01. The van der Waals surface area contributed by atoms with Gasteiger partial charge in [-0.1, -0.05) is 18.2 Å². The molecular weight excluding hydrogens is 267 g/mol. The zero-order valence-corrected chi connectivity index (χ0v) is 12.3. The average Bonchev–Trinajstić information content (AvgIpc) is 2.39. The predicted octanol–water partition coefficient (Wildman–Crippen LogP) is 3.59. The number of fused-ring (bicyclic) bond motifs is 1. The molecule has 0 spiro atoms. The van der Waals surface area contributed by atoms with Gasteiger partial charge in [0, 0.05) is 23.9 Å². The fourth-order valence-corrected chi connectivity index (χ4v) is 2.72. The summed E-state index contributed by atoms with van der Waals surface area (Å²) in [6, 6.07) is 12.5. The molecule has 0 atom stereocenters. The Kier molecular flexibility index (Phi) is 3.24. The van der Waals surface area contributed by atoms with Crippen LogP contribution in [0.4, 0.5) is 15.8 Å². The topological polar surface area (TPSA) is 38.5 Å². The van der Waals surface area contributed by atoms with Crippen LogP contribution < -0.4 is 15.4 Å². The van der Waals surface area contributed by atoms with Gasteiger partial charge in [0.25, 0.3) is 0 Å². The number of nitrogen functional groups attached to an aromatic ring is 1. The molecule has 1 heterocycles. The van der Waals surface area contributed by atoms with Gasteiger partial charge in [-0.2, -0.15) is 0 Å². The zero-order chi connectivity index (χ0) is 15.0. The van der Waals surface area contributed by atoms with E-state index in [0.29, 0.717) is 24.3 Å². The molecule has 0 radical (unpaired) electrons. The van der Waals surface area contributed by atoms with Crippen LogP contribution in [0.1, 0.15) is 19.4 Å². The van der Waals surface area contributed by atoms with Gasteiger partial charge < -0.3 is 15.4 Å². The van der Waals surface area contributed by atoms with Crippen molar-refractivity contribution in [3.63, 3.8) is 0 Å². The van der Waals surface area contributed by atoms with Gasteiger partial charge in [0.15, 0.2) is 0 Å². The Morgan fingerprint density at radius 1 is 1.24 bits per heavy atom. The molecule has 3 nitrogen and oxygen atoms in total. The molecule has 0 fully saturated rings. The average molecular weight is 286 g/mol. The number of anilines is 2. The van der Waals surface area contributed by atoms with E-state index in [4.69, 9.17) is 10.5 Å². The smallest absolute Gasteiger partial charge is 0.145 e. The van der Waals surface area contributed by atoms with Gasteiger partial charge in [0.2, 0.25) is 0 Å². The molecule has 2 N–H and O–H groups in total. The maximum absolute atomic E-state index is 13.9. The highest BCUT2D eigenvalue weighted by molar-refractivity contribution is 5.65. The van der Waals surface area contributed by atoms with Crippen LogP contribution in [-0.2, 0) is 6.54 Å². The SMILES string of the molecule is CC1(C)CN(Cc2ccccc2F)c2ccc(N)cc2O1. The van der Waals surface area contributed by atoms with Crippen LogP contribution in [0.2, 0.25) is 0 Å². The summed E-state index contributed by atoms with van der Waals surface area (Å²) in [6.45, 7) is 5.25. The summed E-state index contributed by atoms with van der Waals surface area (Å²) in [4.78, 5) is 2.14. The van der Waals surface area contributed by atoms with Gasteiger partial charge in [-0.25, -0.2) is 4.39 Å². The monoisotopic (exact) mass is 286 g/mol. The quantitative estimate of drug-likeness (QED) is 0.857. The maximum atomic E-state index is 13.9. The van der Waals surface area contributed by atoms with Crippen LogP contribution in [0.15, 0.2) is 42.5 Å². The van der Waals surface area contributed by atoms with Crippen molar-refractivity contribution < 1.29 is 9.13 Å². The van der Waals surface area contributed by atoms with Crippen molar-refractivity contribution in [2.75, 3.05) is 17.2 Å². The Hall–Kier alpha value is -2.23. The second kappa shape index (κ2) is 4.95. The summed E-state index contributed by atoms with van der Waals surface area (Å²) in [5.41, 5.74) is 7.79. The molecule has 1 aliphatic heterocycles. The van der Waals surface area contributed by atoms with E-state index in [-0.39, 0.29) is 11.4 Å². The van der Waals surface area contributed by atoms with E-state index in [2.05, 4.69) is 4.90 Å². The van der Waals surface area contributed by atoms with Gasteiger partial charge >= 0.3 is 0 Å². The van der Waals surface area contributed by atoms with E-state index < -0.39 is 0 Å². The molecule has 110 valence electrons. The van der Waals surface area contributed by atoms with Crippen LogP contribution in [0, 0.1) is 5.82 Å². The number of halogens is 1. The molecule has 2 aromatic rings. The summed E-state index contributed by atoms with van der Waals surface area (Å²) >= 11 is 0. The summed E-state index contributed by atoms with van der Waals surface area (Å²) in [5, 5.41) is 0. The van der Waals surface area contributed by atoms with Crippen molar-refractivity contribution in [2.45, 2.75) is 26.0 Å². The van der Waals surface area contributed by atoms with Gasteiger partial charge in [-0.05, 0) is 32.0 Å². The standard InChI is InChI=1S/C17H19FN2O/c1-17(2)11-20(10-12-5-3-4-6-14(12)18)15-8-7-13(19)9-16(15)21-17/h3-9H,10-11,19H2,1-2H3. The third-order valence-electron chi connectivity index (χ3n) is 3.60. The predicted molar refractivity (Wildman–Crippen MR) is 83.0 cm³/mol. The van der Waals surface area contributed by atoms with Crippen molar-refractivity contribution in [3.05, 3.63) is 53.8 Å². The molecule has 0 saturated carbocycles. The minimum Gasteiger partial charge on any atom is -0.484 e. The highest BCUT2D eigenvalue weighted by Crippen LogP contribution is 2.39. The first-order valence-corrected chi connectivity index (χ1v) is 7.01. The number of nitrogens with two attached hydrogens (primary N) is 1. The third-order valence-corrected chi connectivity index (χ3v) is 3.60. The Labute approximate surface area is 124 Å². The number of hydrogen-bond donors (Lipinski definition) is 1. The molecule has 2 aromatic carbocycles. The van der Waals surface area contributed by atoms with Crippen LogP contribution >= 0.6 is 0 Å². The largest absolute Gasteiger partial charge is 0.484 e. The van der Waals surface area contributed by atoms with E-state index in [0.717, 1.165) is 11.4 Å². The molecule has 0 bridgehead atoms. The minimum absolute atomic E-state index is 0.182. The minimum atomic E-state index is -0.341. The highest BCUT2D eigenvalue weighted by atomic mass is 19.1. The second-order valence-corrected chi connectivity index (χ2v) is 6.04. The van der Waals surface area contributed by atoms with Gasteiger partial charge in [-0.15, -0.1) is 0 Å². The molecule has 21 heavy (non-hydrogen) atoms. The number of nitrogens with zero attached hydrogens (tertiary/aromatic N) is 1. The molecule has 0 aromatic heterocycles. The lowest BCUT2D eigenvalue weighted by atomic mass is 10.0. The Morgan fingerprint density at radius 2 is 2.00 bits per heavy atom. The van der Waals surface area contributed by atoms with Crippen molar-refractivity contribution >= 4 is 11.4 Å². The van der Waals surface area contributed by atoms with Crippen LogP contribution in [0.25, 0.3) is 0 Å². The van der Waals surface area contributed by atoms with Crippen molar-refractivity contribution in [2.24, 2.45) is 0 Å². The van der Waals surface area contributed by atoms with Crippen molar-refractivity contribution in [1.82, 2.24) is 0 Å². The van der Waals surface area contributed by atoms with Gasteiger partial charge in [0.05, 0.1) is 12.2 Å². The summed E-state index contributed by atoms with van der Waals surface area (Å²) in [7, 11) is 0. The van der Waals surface area contributed by atoms with Crippen molar-refractivity contribution in [1.29, 1.82) is 0 Å². The lowest BCUT2D eigenvalue weighted by molar-refractivity contribution is 0.104. The number of benzene rings is 2. The fraction of sp³-hybridized carbons (Fsp3) is 0.294. The van der Waals surface area contributed by atoms with Crippen LogP contribution in [0.3, 0.4) is 0 Å². The lowest BCUT2D eigenvalue weighted by Crippen LogP contribution is -2.46. The number of rotatable bonds is 2. The summed E-state index contributed by atoms with van der Waals surface area (Å²) < 4.78 is 19.9. The van der Waals surface area contributed by atoms with Crippen molar-refractivity contribution in [3.8, 4) is 5.75 Å². The van der Waals surface area contributed by atoms with Crippen LogP contribution in [-0.4, -0.2) is 12.1 Å². The zero-order valence-electron chi connectivity index (χ0n) is 12.3. The third kappa shape index (κ3) is 2.79. The van der Waals surface area contributed by atoms with E-state index >= 15 is 0 Å². The molecule has 0 unspecified atom stereocenters. The van der Waals surface area contributed by atoms with Gasteiger partial charge in [-0.3, -0.25) is 0 Å². The Morgan fingerprint density at radius 3 is 2.76 bits per heavy atom. The van der Waals surface area contributed by atoms with E-state index in [1.54, 1.807) is 6.07 Å². The second-order valence-electron chi connectivity index (χ2n) is 6.04. The summed E-state index contributed by atoms with van der Waals surface area (Å²) in [5.74, 6) is 0.571. The fourth-order valence-electron chi connectivity index (χ4n) is 2.72. The maximum Gasteiger partial charge on any atom is 0.145 e. The Bertz CT molecular complexity index is 670. The molecule has 1 aliphatic rings. The molecule has 4 heteroatoms.